The van der Waals surface area contributed by atoms with Crippen LogP contribution in [-0.2, 0) is 21.1 Å². The Morgan fingerprint density at radius 1 is 1.67 bits per heavy atom. The van der Waals surface area contributed by atoms with Gasteiger partial charge in [0.1, 0.15) is 0 Å². The number of nitrogens with zero attached hydrogens (tertiary/aromatic N) is 1. The summed E-state index contributed by atoms with van der Waals surface area (Å²) in [6, 6.07) is 1.75. The number of nitriles is 1. The van der Waals surface area contributed by atoms with Gasteiger partial charge >= 0.3 is 0 Å². The molecule has 0 aliphatic heterocycles. The molecule has 0 saturated carbocycles. The number of aliphatic hydroxyl groups is 1. The summed E-state index contributed by atoms with van der Waals surface area (Å²) >= 11 is 0. The van der Waals surface area contributed by atoms with Gasteiger partial charge in [0, 0.05) is 34.9 Å². The topological polar surface area (TPSA) is 67.9 Å². The number of halogens is 1. The van der Waals surface area contributed by atoms with Crippen LogP contribution in [0.25, 0.3) is 0 Å². The summed E-state index contributed by atoms with van der Waals surface area (Å²) in [5.74, 6) is -0.333. The largest absolute Gasteiger partial charge is 0.497 e. The molecule has 3 nitrogen and oxygen atoms in total. The van der Waals surface area contributed by atoms with Crippen molar-refractivity contribution in [3.05, 3.63) is 0 Å². The first kappa shape index (κ1) is 23.1. The molecule has 0 aliphatic rings. The molecule has 0 fully saturated rings. The van der Waals surface area contributed by atoms with Crippen LogP contribution in [0.1, 0.15) is 13.8 Å². The average molecular weight is 320 g/mol. The van der Waals surface area contributed by atoms with Gasteiger partial charge in [-0.1, -0.05) is 0 Å². The molecular weight excluding hydrogens is 311 g/mol. The zero-order chi connectivity index (χ0) is 6.28. The molecule has 54 valence electrons. The van der Waals surface area contributed by atoms with E-state index in [1.54, 1.807) is 6.07 Å². The molecular formula is C4H9ClN2OW. The third kappa shape index (κ3) is 73600. The zero-order valence-electron chi connectivity index (χ0n) is 5.21. The first-order valence-corrected chi connectivity index (χ1v) is 1.70. The van der Waals surface area contributed by atoms with Crippen molar-refractivity contribution in [2.45, 2.75) is 13.8 Å². The summed E-state index contributed by atoms with van der Waals surface area (Å²) in [4.78, 5) is 0. The Morgan fingerprint density at radius 2 is 1.67 bits per heavy atom. The van der Waals surface area contributed by atoms with Gasteiger partial charge in [0.05, 0.1) is 6.07 Å². The van der Waals surface area contributed by atoms with Crippen LogP contribution in [-0.4, -0.2) is 11.0 Å². The number of aliphatic hydroxyl groups excluding tert-OH is 1. The van der Waals surface area contributed by atoms with E-state index in [1.807, 2.05) is 0 Å². The second kappa shape index (κ2) is 24.6. The van der Waals surface area contributed by atoms with Gasteiger partial charge in [0.2, 0.25) is 0 Å². The van der Waals surface area contributed by atoms with Crippen molar-refractivity contribution in [2.75, 3.05) is 0 Å². The molecule has 0 aromatic rings. The Morgan fingerprint density at radius 3 is 1.67 bits per heavy atom. The molecule has 0 unspecified atom stereocenters. The quantitative estimate of drug-likeness (QED) is 0.524. The molecule has 9 heavy (non-hydrogen) atoms. The van der Waals surface area contributed by atoms with Crippen molar-refractivity contribution in [1.82, 2.24) is 0 Å². The van der Waals surface area contributed by atoms with Crippen LogP contribution in [0.5, 0.6) is 0 Å². The van der Waals surface area contributed by atoms with Crippen LogP contribution < -0.4 is 0 Å². The van der Waals surface area contributed by atoms with Gasteiger partial charge in [-0.05, 0) is 0 Å². The number of hydrogen-bond acceptors (Lipinski definition) is 2. The van der Waals surface area contributed by atoms with Crippen LogP contribution in [0.2, 0.25) is 0 Å². The van der Waals surface area contributed by atoms with Gasteiger partial charge in [0.25, 0.3) is 0 Å². The molecule has 0 aliphatic carbocycles. The third-order valence-corrected chi connectivity index (χ3v) is 0. The SMILES string of the molecule is CC#N.CC(=N)O.Cl.[W]. The van der Waals surface area contributed by atoms with E-state index in [-0.39, 0.29) is 39.4 Å². The minimum absolute atomic E-state index is 0. The molecule has 0 bridgehead atoms. The van der Waals surface area contributed by atoms with Crippen molar-refractivity contribution in [1.29, 1.82) is 10.7 Å². The van der Waals surface area contributed by atoms with Crippen LogP contribution in [0.15, 0.2) is 0 Å². The monoisotopic (exact) mass is 320 g/mol. The fourth-order valence-electron chi connectivity index (χ4n) is 0. The van der Waals surface area contributed by atoms with E-state index in [2.05, 4.69) is 0 Å². The normalized spacial score (nSPS) is 3.67. The first-order chi connectivity index (χ1) is 3.15. The Balaban J connectivity index is -0.0000000233. The first-order valence-electron chi connectivity index (χ1n) is 1.70. The molecule has 0 atom stereocenters. The van der Waals surface area contributed by atoms with Crippen molar-refractivity contribution in [2.24, 2.45) is 0 Å². The Labute approximate surface area is 75.3 Å². The maximum atomic E-state index is 7.64. The number of nitrogens with one attached hydrogen (secondary N) is 1. The van der Waals surface area contributed by atoms with Crippen LogP contribution in [0.3, 0.4) is 0 Å². The maximum Gasteiger partial charge on any atom is 0.174 e. The molecule has 5 heteroatoms. The van der Waals surface area contributed by atoms with Crippen LogP contribution in [0, 0.1) is 16.7 Å². The summed E-state index contributed by atoms with van der Waals surface area (Å²) < 4.78 is 0. The van der Waals surface area contributed by atoms with Gasteiger partial charge < -0.3 is 5.11 Å². The Bertz CT molecular complexity index is 87.1. The summed E-state index contributed by atoms with van der Waals surface area (Å²) in [7, 11) is 0. The van der Waals surface area contributed by atoms with Crippen LogP contribution in [0.4, 0.5) is 0 Å². The summed E-state index contributed by atoms with van der Waals surface area (Å²) in [6.45, 7) is 2.74. The Hall–Kier alpha value is -0.0617. The van der Waals surface area contributed by atoms with Gasteiger partial charge in [-0.3, -0.25) is 5.41 Å². The van der Waals surface area contributed by atoms with Gasteiger partial charge in [-0.2, -0.15) is 5.26 Å². The average Bonchev–Trinajstić information content (AvgIpc) is 1.33. The van der Waals surface area contributed by atoms with E-state index < -0.39 is 0 Å². The van der Waals surface area contributed by atoms with Crippen molar-refractivity contribution in [3.8, 4) is 6.07 Å². The molecule has 2 N–H and O–H groups in total. The van der Waals surface area contributed by atoms with E-state index >= 15 is 0 Å². The van der Waals surface area contributed by atoms with E-state index in [0.717, 1.165) is 0 Å². The van der Waals surface area contributed by atoms with E-state index in [1.165, 1.54) is 13.8 Å². The summed E-state index contributed by atoms with van der Waals surface area (Å²) in [6.07, 6.45) is 0. The molecule has 0 aromatic heterocycles. The van der Waals surface area contributed by atoms with Gasteiger partial charge in [-0.15, -0.1) is 12.4 Å². The smallest absolute Gasteiger partial charge is 0.174 e. The van der Waals surface area contributed by atoms with Crippen LogP contribution >= 0.6 is 12.4 Å². The second-order valence-electron chi connectivity index (χ2n) is 0.809. The minimum atomic E-state index is -0.333. The molecule has 0 heterocycles. The predicted molar refractivity (Wildman–Crippen MR) is 34.6 cm³/mol. The number of hydrogen-bond donors (Lipinski definition) is 2. The summed E-state index contributed by atoms with van der Waals surface area (Å²) in [5, 5.41) is 21.0. The number of rotatable bonds is 0. The van der Waals surface area contributed by atoms with E-state index in [4.69, 9.17) is 15.8 Å². The minimum Gasteiger partial charge on any atom is -0.497 e. The molecule has 0 amide bonds. The standard InChI is InChI=1S/C2H5NO.C2H3N.ClH.W/c1-2(3)4;1-2-3;;/h1H3,(H2,3,4);1H3;1H;. The predicted octanol–water partition coefficient (Wildman–Crippen LogP) is 1.49. The fraction of sp³-hybridized carbons (Fsp3) is 0.500. The second-order valence-corrected chi connectivity index (χ2v) is 0.809. The van der Waals surface area contributed by atoms with Crippen molar-refractivity contribution in [3.63, 3.8) is 0 Å². The zero-order valence-corrected chi connectivity index (χ0v) is 8.96. The summed E-state index contributed by atoms with van der Waals surface area (Å²) in [5.41, 5.74) is 0. The maximum absolute atomic E-state index is 7.64. The molecule has 0 spiro atoms. The van der Waals surface area contributed by atoms with E-state index in [9.17, 15) is 0 Å². The van der Waals surface area contributed by atoms with E-state index in [0.29, 0.717) is 0 Å². The van der Waals surface area contributed by atoms with Gasteiger partial charge in [0.15, 0.2) is 5.90 Å². The third-order valence-electron chi connectivity index (χ3n) is 0. The molecule has 0 rings (SSSR count). The molecule has 0 radical (unpaired) electrons. The van der Waals surface area contributed by atoms with Gasteiger partial charge in [-0.25, -0.2) is 0 Å². The molecule has 0 saturated heterocycles. The Kier molecular flexibility index (Phi) is 63.2. The van der Waals surface area contributed by atoms with Crippen molar-refractivity contribution < 1.29 is 26.2 Å². The fourth-order valence-corrected chi connectivity index (χ4v) is 0. The van der Waals surface area contributed by atoms with Crippen molar-refractivity contribution >= 4 is 18.3 Å². The molecule has 0 aromatic carbocycles.